The molecule has 0 aliphatic carbocycles. The Kier molecular flexibility index (Phi) is 7.44. The third-order valence-corrected chi connectivity index (χ3v) is 3.74. The first-order valence-electron chi connectivity index (χ1n) is 6.49. The average molecular weight is 338 g/mol. The quantitative estimate of drug-likeness (QED) is 0.901. The Labute approximate surface area is 137 Å². The first kappa shape index (κ1) is 20.0. The van der Waals surface area contributed by atoms with Crippen molar-refractivity contribution in [3.63, 3.8) is 0 Å². The molecule has 7 heteroatoms. The van der Waals surface area contributed by atoms with Gasteiger partial charge in [0.15, 0.2) is 0 Å². The van der Waals surface area contributed by atoms with Crippen LogP contribution in [-0.2, 0) is 4.79 Å². The van der Waals surface area contributed by atoms with E-state index in [1.807, 2.05) is 25.8 Å². The van der Waals surface area contributed by atoms with Crippen LogP contribution in [0.2, 0.25) is 0 Å². The number of benzene rings is 1. The summed E-state index contributed by atoms with van der Waals surface area (Å²) in [4.78, 5) is 16.1. The Hall–Kier alpha value is -1.04. The lowest BCUT2D eigenvalue weighted by molar-refractivity contribution is -0.122. The highest BCUT2D eigenvalue weighted by Gasteiger charge is 2.29. The summed E-state index contributed by atoms with van der Waals surface area (Å²) in [7, 11) is 1.90. The highest BCUT2D eigenvalue weighted by Crippen LogP contribution is 2.33. The third-order valence-electron chi connectivity index (χ3n) is 3.74. The first-order valence-corrected chi connectivity index (χ1v) is 6.49. The fourth-order valence-electron chi connectivity index (χ4n) is 2.22. The number of carbonyl (C=O) groups excluding carboxylic acids is 1. The van der Waals surface area contributed by atoms with Crippen molar-refractivity contribution in [2.45, 2.75) is 19.9 Å². The van der Waals surface area contributed by atoms with Gasteiger partial charge >= 0.3 is 0 Å². The minimum Gasteiger partial charge on any atom is -0.371 e. The van der Waals surface area contributed by atoms with Crippen LogP contribution in [0, 0.1) is 11.7 Å². The Morgan fingerprint density at radius 2 is 1.86 bits per heavy atom. The van der Waals surface area contributed by atoms with Crippen molar-refractivity contribution in [1.82, 2.24) is 0 Å². The van der Waals surface area contributed by atoms with Crippen molar-refractivity contribution in [3.05, 3.63) is 24.0 Å². The minimum absolute atomic E-state index is 0. The van der Waals surface area contributed by atoms with Crippen molar-refractivity contribution < 1.29 is 9.18 Å². The summed E-state index contributed by atoms with van der Waals surface area (Å²) in [5.74, 6) is -0.544. The van der Waals surface area contributed by atoms with Gasteiger partial charge in [-0.05, 0) is 25.1 Å². The second kappa shape index (κ2) is 7.82. The summed E-state index contributed by atoms with van der Waals surface area (Å²) in [5.41, 5.74) is 7.30. The van der Waals surface area contributed by atoms with E-state index in [9.17, 15) is 9.18 Å². The zero-order chi connectivity index (χ0) is 14.2. The number of fused-ring (bicyclic) bond motifs is 1. The lowest BCUT2D eigenvalue weighted by atomic mass is 10.0. The van der Waals surface area contributed by atoms with Crippen LogP contribution in [0.1, 0.15) is 13.8 Å². The molecule has 0 saturated heterocycles. The van der Waals surface area contributed by atoms with Crippen molar-refractivity contribution in [2.75, 3.05) is 29.9 Å². The minimum atomic E-state index is -0.292. The van der Waals surface area contributed by atoms with E-state index in [1.54, 1.807) is 11.0 Å². The monoisotopic (exact) mass is 337 g/mol. The molecule has 1 heterocycles. The molecule has 2 N–H and O–H groups in total. The van der Waals surface area contributed by atoms with Crippen LogP contribution in [0.25, 0.3) is 0 Å². The smallest absolute Gasteiger partial charge is 0.231 e. The number of hydrogen-bond donors (Lipinski definition) is 1. The molecule has 1 aliphatic rings. The number of amides is 1. The predicted molar refractivity (Wildman–Crippen MR) is 89.3 cm³/mol. The highest BCUT2D eigenvalue weighted by atomic mass is 35.5. The number of nitrogens with two attached hydrogens (primary N) is 1. The Bertz CT molecular complexity index is 499. The normalized spacial score (nSPS) is 16.2. The molecule has 0 spiro atoms. The summed E-state index contributed by atoms with van der Waals surface area (Å²) in [6.07, 6.45) is 0. The highest BCUT2D eigenvalue weighted by molar-refractivity contribution is 5.99. The summed E-state index contributed by atoms with van der Waals surface area (Å²) in [5, 5.41) is 0. The molecule has 4 nitrogen and oxygen atoms in total. The van der Waals surface area contributed by atoms with Crippen molar-refractivity contribution in [1.29, 1.82) is 0 Å². The number of hydrogen-bond acceptors (Lipinski definition) is 3. The molecule has 1 aromatic rings. The lowest BCUT2D eigenvalue weighted by Gasteiger charge is -2.37. The Morgan fingerprint density at radius 3 is 2.43 bits per heavy atom. The van der Waals surface area contributed by atoms with Gasteiger partial charge in [-0.15, -0.1) is 24.8 Å². The van der Waals surface area contributed by atoms with Crippen LogP contribution >= 0.6 is 24.8 Å². The van der Waals surface area contributed by atoms with Crippen LogP contribution < -0.4 is 15.5 Å². The number of likely N-dealkylation sites (N-methyl/N-ethyl adjacent to an activating group) is 1. The Balaban J connectivity index is 0.00000200. The van der Waals surface area contributed by atoms with Crippen LogP contribution in [-0.4, -0.2) is 32.1 Å². The Morgan fingerprint density at radius 1 is 1.24 bits per heavy atom. The zero-order valence-electron chi connectivity index (χ0n) is 12.4. The van der Waals surface area contributed by atoms with Crippen LogP contribution in [0.4, 0.5) is 15.8 Å². The van der Waals surface area contributed by atoms with Gasteiger partial charge in [0.25, 0.3) is 0 Å². The van der Waals surface area contributed by atoms with Gasteiger partial charge in [-0.2, -0.15) is 0 Å². The number of anilines is 2. The molecule has 1 amide bonds. The fraction of sp³-hybridized carbons (Fsp3) is 0.500. The maximum atomic E-state index is 13.3. The average Bonchev–Trinajstić information content (AvgIpc) is 2.38. The number of nitrogens with zero attached hydrogens (tertiary/aromatic N) is 2. The van der Waals surface area contributed by atoms with E-state index in [4.69, 9.17) is 5.73 Å². The van der Waals surface area contributed by atoms with Crippen molar-refractivity contribution >= 4 is 42.1 Å². The molecule has 0 bridgehead atoms. The second-order valence-electron chi connectivity index (χ2n) is 5.19. The summed E-state index contributed by atoms with van der Waals surface area (Å²) in [6.45, 7) is 4.94. The number of halogens is 3. The molecule has 0 fully saturated rings. The van der Waals surface area contributed by atoms with E-state index in [0.717, 1.165) is 11.4 Å². The molecule has 2 unspecified atom stereocenters. The van der Waals surface area contributed by atoms with E-state index in [2.05, 4.69) is 0 Å². The van der Waals surface area contributed by atoms with Crippen molar-refractivity contribution in [2.24, 2.45) is 11.7 Å². The second-order valence-corrected chi connectivity index (χ2v) is 5.19. The molecule has 2 atom stereocenters. The lowest BCUT2D eigenvalue weighted by Crippen LogP contribution is -2.47. The summed E-state index contributed by atoms with van der Waals surface area (Å²) in [6, 6.07) is 4.31. The third kappa shape index (κ3) is 3.99. The molecular weight excluding hydrogens is 316 g/mol. The van der Waals surface area contributed by atoms with E-state index in [-0.39, 0.29) is 48.5 Å². The van der Waals surface area contributed by atoms with Crippen LogP contribution in [0.5, 0.6) is 0 Å². The standard InChI is InChI=1S/C14H20FN3O.2ClH/c1-9(10(2)16)14(19)18-7-6-17(3)13-8-11(15)4-5-12(13)18;;/h4-5,8-10H,6-7,16H2,1-3H3;2*1H. The molecule has 0 saturated carbocycles. The van der Waals surface area contributed by atoms with Gasteiger partial charge in [0.1, 0.15) is 5.82 Å². The predicted octanol–water partition coefficient (Wildman–Crippen LogP) is 2.44. The molecule has 0 aromatic heterocycles. The molecule has 0 radical (unpaired) electrons. The molecule has 21 heavy (non-hydrogen) atoms. The zero-order valence-corrected chi connectivity index (χ0v) is 14.0. The van der Waals surface area contributed by atoms with Gasteiger partial charge in [0, 0.05) is 26.2 Å². The van der Waals surface area contributed by atoms with Crippen LogP contribution in [0.3, 0.4) is 0 Å². The largest absolute Gasteiger partial charge is 0.371 e. The van der Waals surface area contributed by atoms with Crippen LogP contribution in [0.15, 0.2) is 18.2 Å². The van der Waals surface area contributed by atoms with Crippen molar-refractivity contribution in [3.8, 4) is 0 Å². The summed E-state index contributed by atoms with van der Waals surface area (Å²) < 4.78 is 13.3. The van der Waals surface area contributed by atoms with E-state index in [1.165, 1.54) is 12.1 Å². The number of rotatable bonds is 2. The van der Waals surface area contributed by atoms with Gasteiger partial charge < -0.3 is 15.5 Å². The SMILES string of the molecule is CC(N)C(C)C(=O)N1CCN(C)c2cc(F)ccc21.Cl.Cl. The molecule has 1 aromatic carbocycles. The number of carbonyl (C=O) groups is 1. The fourth-order valence-corrected chi connectivity index (χ4v) is 2.22. The molecule has 1 aliphatic heterocycles. The van der Waals surface area contributed by atoms with Gasteiger partial charge in [-0.1, -0.05) is 6.92 Å². The summed E-state index contributed by atoms with van der Waals surface area (Å²) >= 11 is 0. The van der Waals surface area contributed by atoms with E-state index in [0.29, 0.717) is 13.1 Å². The first-order chi connectivity index (χ1) is 8.91. The van der Waals surface area contributed by atoms with Gasteiger partial charge in [0.2, 0.25) is 5.91 Å². The van der Waals surface area contributed by atoms with Gasteiger partial charge in [-0.3, -0.25) is 4.79 Å². The maximum Gasteiger partial charge on any atom is 0.231 e. The van der Waals surface area contributed by atoms with Gasteiger partial charge in [0.05, 0.1) is 17.3 Å². The molecule has 2 rings (SSSR count). The van der Waals surface area contributed by atoms with E-state index < -0.39 is 0 Å². The van der Waals surface area contributed by atoms with Gasteiger partial charge in [-0.25, -0.2) is 4.39 Å². The topological polar surface area (TPSA) is 49.6 Å². The van der Waals surface area contributed by atoms with E-state index >= 15 is 0 Å². The molecular formula is C14H22Cl2FN3O. The maximum absolute atomic E-state index is 13.3. The molecule has 120 valence electrons.